The number of ether oxygens (including phenoxy) is 3. The molecular weight excluding hydrogens is 256 g/mol. The molecule has 0 aliphatic carbocycles. The van der Waals surface area contributed by atoms with E-state index in [1.165, 1.54) is 11.3 Å². The highest BCUT2D eigenvalue weighted by molar-refractivity contribution is 7.09. The first-order valence-corrected chi connectivity index (χ1v) is 6.54. The maximum Gasteiger partial charge on any atom is 0.357 e. The Kier molecular flexibility index (Phi) is 7.51. The first-order chi connectivity index (χ1) is 8.77. The van der Waals surface area contributed by atoms with Crippen molar-refractivity contribution in [2.24, 2.45) is 5.73 Å². The second-order valence-electron chi connectivity index (χ2n) is 3.41. The number of carbonyl (C=O) groups excluding carboxylic acids is 1. The van der Waals surface area contributed by atoms with Crippen LogP contribution in [0.3, 0.4) is 0 Å². The summed E-state index contributed by atoms with van der Waals surface area (Å²) in [6, 6.07) is 0. The van der Waals surface area contributed by atoms with Crippen molar-refractivity contribution in [3.05, 3.63) is 16.1 Å². The molecule has 0 spiro atoms. The van der Waals surface area contributed by atoms with E-state index < -0.39 is 5.97 Å². The van der Waals surface area contributed by atoms with Crippen LogP contribution in [0.15, 0.2) is 5.38 Å². The molecule has 0 amide bonds. The Morgan fingerprint density at radius 1 is 1.39 bits per heavy atom. The van der Waals surface area contributed by atoms with E-state index in [0.717, 1.165) is 5.01 Å². The van der Waals surface area contributed by atoms with E-state index in [4.69, 9.17) is 19.9 Å². The number of nitrogens with zero attached hydrogens (tertiary/aromatic N) is 1. The molecule has 1 rings (SSSR count). The van der Waals surface area contributed by atoms with Gasteiger partial charge in [0.15, 0.2) is 5.69 Å². The van der Waals surface area contributed by atoms with Crippen LogP contribution < -0.4 is 5.73 Å². The molecule has 0 bridgehead atoms. The number of methoxy groups -OCH3 is 1. The zero-order chi connectivity index (χ0) is 13.2. The van der Waals surface area contributed by atoms with Gasteiger partial charge in [-0.15, -0.1) is 11.3 Å². The molecule has 0 fully saturated rings. The van der Waals surface area contributed by atoms with Crippen LogP contribution in [0.2, 0.25) is 0 Å². The summed E-state index contributed by atoms with van der Waals surface area (Å²) in [5, 5.41) is 2.53. The molecule has 7 heteroatoms. The van der Waals surface area contributed by atoms with Crippen LogP contribution in [0.5, 0.6) is 0 Å². The van der Waals surface area contributed by atoms with E-state index in [9.17, 15) is 4.79 Å². The van der Waals surface area contributed by atoms with Gasteiger partial charge in [0.25, 0.3) is 0 Å². The molecule has 0 aliphatic heterocycles. The number of rotatable bonds is 9. The van der Waals surface area contributed by atoms with E-state index in [2.05, 4.69) is 4.98 Å². The lowest BCUT2D eigenvalue weighted by molar-refractivity contribution is 0.0210. The van der Waals surface area contributed by atoms with Gasteiger partial charge >= 0.3 is 5.97 Å². The minimum atomic E-state index is -0.426. The Bertz CT molecular complexity index is 357. The number of carbonyl (C=O) groups is 1. The predicted molar refractivity (Wildman–Crippen MR) is 67.8 cm³/mol. The Hall–Kier alpha value is -1.02. The molecule has 0 aromatic carbocycles. The summed E-state index contributed by atoms with van der Waals surface area (Å²) in [5.41, 5.74) is 5.74. The fourth-order valence-corrected chi connectivity index (χ4v) is 1.94. The van der Waals surface area contributed by atoms with Crippen molar-refractivity contribution in [3.63, 3.8) is 0 Å². The highest BCUT2D eigenvalue weighted by atomic mass is 32.1. The minimum Gasteiger partial charge on any atom is -0.458 e. The third-order valence-corrected chi connectivity index (χ3v) is 2.92. The lowest BCUT2D eigenvalue weighted by atomic mass is 10.4. The molecule has 1 aromatic rings. The van der Waals surface area contributed by atoms with Gasteiger partial charge in [-0.2, -0.15) is 0 Å². The summed E-state index contributed by atoms with van der Waals surface area (Å²) in [4.78, 5) is 15.7. The maximum atomic E-state index is 11.6. The first kappa shape index (κ1) is 15.0. The zero-order valence-corrected chi connectivity index (χ0v) is 11.2. The third-order valence-electron chi connectivity index (χ3n) is 2.01. The van der Waals surface area contributed by atoms with Crippen molar-refractivity contribution in [1.82, 2.24) is 4.98 Å². The second-order valence-corrected chi connectivity index (χ2v) is 4.35. The van der Waals surface area contributed by atoms with Crippen LogP contribution in [-0.4, -0.2) is 51.0 Å². The lowest BCUT2D eigenvalue weighted by Crippen LogP contribution is -2.13. The van der Waals surface area contributed by atoms with Crippen molar-refractivity contribution in [1.29, 1.82) is 0 Å². The number of hydrogen-bond acceptors (Lipinski definition) is 7. The first-order valence-electron chi connectivity index (χ1n) is 5.66. The molecule has 6 nitrogen and oxygen atoms in total. The number of nitrogens with two attached hydrogens (primary N) is 1. The topological polar surface area (TPSA) is 83.7 Å². The van der Waals surface area contributed by atoms with Gasteiger partial charge in [-0.05, 0) is 6.54 Å². The van der Waals surface area contributed by atoms with Gasteiger partial charge < -0.3 is 19.9 Å². The molecule has 0 radical (unpaired) electrons. The summed E-state index contributed by atoms with van der Waals surface area (Å²) in [5.74, 6) is -0.426. The normalized spacial score (nSPS) is 10.6. The summed E-state index contributed by atoms with van der Waals surface area (Å²) >= 11 is 1.41. The Morgan fingerprint density at radius 2 is 2.17 bits per heavy atom. The molecular formula is C11H18N2O4S. The second kappa shape index (κ2) is 8.98. The van der Waals surface area contributed by atoms with Gasteiger partial charge in [-0.3, -0.25) is 0 Å². The fraction of sp³-hybridized carbons (Fsp3) is 0.636. The largest absolute Gasteiger partial charge is 0.458 e. The van der Waals surface area contributed by atoms with Crippen LogP contribution >= 0.6 is 11.3 Å². The summed E-state index contributed by atoms with van der Waals surface area (Å²) in [7, 11) is 1.60. The van der Waals surface area contributed by atoms with E-state index in [1.54, 1.807) is 12.5 Å². The van der Waals surface area contributed by atoms with E-state index in [-0.39, 0.29) is 6.61 Å². The Labute approximate surface area is 110 Å². The summed E-state index contributed by atoms with van der Waals surface area (Å²) in [6.07, 6.45) is 0.679. The van der Waals surface area contributed by atoms with Gasteiger partial charge in [0.05, 0.1) is 24.8 Å². The average molecular weight is 274 g/mol. The van der Waals surface area contributed by atoms with Gasteiger partial charge in [-0.1, -0.05) is 0 Å². The SMILES string of the molecule is COCCOCCOC(=O)c1csc(CCN)n1. The zero-order valence-electron chi connectivity index (χ0n) is 10.4. The maximum absolute atomic E-state index is 11.6. The minimum absolute atomic E-state index is 0.215. The fourth-order valence-electron chi connectivity index (χ4n) is 1.15. The van der Waals surface area contributed by atoms with Crippen LogP contribution in [0, 0.1) is 0 Å². The smallest absolute Gasteiger partial charge is 0.357 e. The number of hydrogen-bond donors (Lipinski definition) is 1. The highest BCUT2D eigenvalue weighted by Gasteiger charge is 2.11. The van der Waals surface area contributed by atoms with Gasteiger partial charge in [0.1, 0.15) is 6.61 Å². The average Bonchev–Trinajstić information content (AvgIpc) is 2.82. The molecule has 0 atom stereocenters. The number of esters is 1. The van der Waals surface area contributed by atoms with Crippen molar-refractivity contribution < 1.29 is 19.0 Å². The van der Waals surface area contributed by atoms with Crippen molar-refractivity contribution in [2.45, 2.75) is 6.42 Å². The van der Waals surface area contributed by atoms with Gasteiger partial charge in [-0.25, -0.2) is 9.78 Å². The lowest BCUT2D eigenvalue weighted by Gasteiger charge is -2.04. The molecule has 0 saturated carbocycles. The quantitative estimate of drug-likeness (QED) is 0.520. The third kappa shape index (κ3) is 5.54. The number of aromatic nitrogens is 1. The molecule has 1 heterocycles. The molecule has 0 aliphatic rings. The Balaban J connectivity index is 2.19. The molecule has 0 unspecified atom stereocenters. The van der Waals surface area contributed by atoms with Gasteiger partial charge in [0, 0.05) is 18.9 Å². The van der Waals surface area contributed by atoms with Crippen molar-refractivity contribution in [2.75, 3.05) is 40.1 Å². The molecule has 1 aromatic heterocycles. The van der Waals surface area contributed by atoms with E-state index >= 15 is 0 Å². The molecule has 0 saturated heterocycles. The summed E-state index contributed by atoms with van der Waals surface area (Å²) < 4.78 is 15.0. The van der Waals surface area contributed by atoms with Gasteiger partial charge in [0.2, 0.25) is 0 Å². The van der Waals surface area contributed by atoms with Crippen molar-refractivity contribution in [3.8, 4) is 0 Å². The standard InChI is InChI=1S/C11H18N2O4S/c1-15-4-5-16-6-7-17-11(14)9-8-18-10(13-9)2-3-12/h8H,2-7,12H2,1H3. The predicted octanol–water partition coefficient (Wildman–Crippen LogP) is 0.464. The van der Waals surface area contributed by atoms with Crippen LogP contribution in [0.1, 0.15) is 15.5 Å². The molecule has 102 valence electrons. The monoisotopic (exact) mass is 274 g/mol. The van der Waals surface area contributed by atoms with Crippen LogP contribution in [0.25, 0.3) is 0 Å². The molecule has 18 heavy (non-hydrogen) atoms. The van der Waals surface area contributed by atoms with E-state index in [0.29, 0.717) is 38.5 Å². The molecule has 2 N–H and O–H groups in total. The summed E-state index contributed by atoms with van der Waals surface area (Å²) in [6.45, 7) is 2.12. The van der Waals surface area contributed by atoms with Crippen LogP contribution in [-0.2, 0) is 20.6 Å². The van der Waals surface area contributed by atoms with Crippen LogP contribution in [0.4, 0.5) is 0 Å². The Morgan fingerprint density at radius 3 is 2.89 bits per heavy atom. The highest BCUT2D eigenvalue weighted by Crippen LogP contribution is 2.10. The van der Waals surface area contributed by atoms with E-state index in [1.807, 2.05) is 0 Å². The van der Waals surface area contributed by atoms with Crippen molar-refractivity contribution >= 4 is 17.3 Å². The number of thiazole rings is 1.